The Kier molecular flexibility index (Phi) is 4.48. The molecule has 0 unspecified atom stereocenters. The van der Waals surface area contributed by atoms with Gasteiger partial charge in [0.25, 0.3) is 0 Å². The summed E-state index contributed by atoms with van der Waals surface area (Å²) in [6, 6.07) is 16.8. The zero-order chi connectivity index (χ0) is 17.8. The summed E-state index contributed by atoms with van der Waals surface area (Å²) in [4.78, 5) is 15.2. The Labute approximate surface area is 144 Å². The molecule has 0 aliphatic heterocycles. The lowest BCUT2D eigenvalue weighted by Gasteiger charge is -2.07. The van der Waals surface area contributed by atoms with Gasteiger partial charge in [-0.05, 0) is 24.3 Å². The van der Waals surface area contributed by atoms with E-state index in [0.29, 0.717) is 22.7 Å². The fraction of sp³-hybridized carbons (Fsp3) is 0.105. The van der Waals surface area contributed by atoms with Crippen LogP contribution in [0.1, 0.15) is 11.4 Å². The van der Waals surface area contributed by atoms with Crippen LogP contribution >= 0.6 is 0 Å². The zero-order valence-electron chi connectivity index (χ0n) is 13.5. The van der Waals surface area contributed by atoms with Crippen molar-refractivity contribution in [2.75, 3.05) is 6.61 Å². The van der Waals surface area contributed by atoms with E-state index in [1.54, 1.807) is 30.3 Å². The molecule has 0 fully saturated rings. The number of hydrogen-bond donors (Lipinski definition) is 1. The number of aliphatic carboxylic acids is 1. The van der Waals surface area contributed by atoms with Crippen molar-refractivity contribution < 1.29 is 14.6 Å². The lowest BCUT2D eigenvalue weighted by Crippen LogP contribution is -2.10. The van der Waals surface area contributed by atoms with Gasteiger partial charge in [-0.15, -0.1) is 0 Å². The number of carboxylic acid groups (broad SMARTS) is 1. The highest BCUT2D eigenvalue weighted by Crippen LogP contribution is 2.26. The van der Waals surface area contributed by atoms with Crippen LogP contribution in [-0.4, -0.2) is 27.2 Å². The predicted molar refractivity (Wildman–Crippen MR) is 93.8 cm³/mol. The Morgan fingerprint density at radius 1 is 1.28 bits per heavy atom. The SMILES string of the molecule is Cn1c(C(C#N)=Cc2ccccc2OCC(=O)O)nc2ccccc21. The molecule has 3 aromatic rings. The number of para-hydroxylation sites is 3. The van der Waals surface area contributed by atoms with E-state index in [-0.39, 0.29) is 0 Å². The summed E-state index contributed by atoms with van der Waals surface area (Å²) in [5.74, 6) is -0.122. The van der Waals surface area contributed by atoms with Crippen molar-refractivity contribution in [1.82, 2.24) is 9.55 Å². The van der Waals surface area contributed by atoms with Gasteiger partial charge >= 0.3 is 5.97 Å². The van der Waals surface area contributed by atoms with E-state index in [9.17, 15) is 10.1 Å². The average molecular weight is 333 g/mol. The zero-order valence-corrected chi connectivity index (χ0v) is 13.5. The molecule has 0 saturated heterocycles. The first kappa shape index (κ1) is 16.3. The van der Waals surface area contributed by atoms with Gasteiger partial charge in [0.2, 0.25) is 0 Å². The molecule has 25 heavy (non-hydrogen) atoms. The number of carbonyl (C=O) groups is 1. The van der Waals surface area contributed by atoms with Crippen molar-refractivity contribution in [2.45, 2.75) is 0 Å². The summed E-state index contributed by atoms with van der Waals surface area (Å²) in [5, 5.41) is 18.4. The second-order valence-electron chi connectivity index (χ2n) is 5.37. The van der Waals surface area contributed by atoms with Crippen LogP contribution in [0.2, 0.25) is 0 Å². The maximum absolute atomic E-state index is 10.7. The van der Waals surface area contributed by atoms with Gasteiger partial charge in [-0.1, -0.05) is 30.3 Å². The van der Waals surface area contributed by atoms with Crippen molar-refractivity contribution in [3.05, 3.63) is 59.9 Å². The summed E-state index contributed by atoms with van der Waals surface area (Å²) in [5.41, 5.74) is 2.71. The summed E-state index contributed by atoms with van der Waals surface area (Å²) < 4.78 is 7.14. The third-order valence-electron chi connectivity index (χ3n) is 3.72. The van der Waals surface area contributed by atoms with E-state index in [4.69, 9.17) is 9.84 Å². The van der Waals surface area contributed by atoms with Crippen LogP contribution in [-0.2, 0) is 11.8 Å². The van der Waals surface area contributed by atoms with Crippen LogP contribution in [0.3, 0.4) is 0 Å². The largest absolute Gasteiger partial charge is 0.481 e. The highest BCUT2D eigenvalue weighted by molar-refractivity contribution is 5.91. The molecule has 0 aliphatic rings. The summed E-state index contributed by atoms with van der Waals surface area (Å²) in [6.07, 6.45) is 1.65. The molecule has 6 nitrogen and oxygen atoms in total. The van der Waals surface area contributed by atoms with Crippen molar-refractivity contribution in [2.24, 2.45) is 7.05 Å². The molecule has 1 N–H and O–H groups in total. The van der Waals surface area contributed by atoms with Gasteiger partial charge in [-0.3, -0.25) is 0 Å². The minimum atomic E-state index is -1.06. The first-order chi connectivity index (χ1) is 12.1. The number of rotatable bonds is 5. The monoisotopic (exact) mass is 333 g/mol. The van der Waals surface area contributed by atoms with E-state index >= 15 is 0 Å². The minimum absolute atomic E-state index is 0.366. The number of allylic oxidation sites excluding steroid dienone is 1. The predicted octanol–water partition coefficient (Wildman–Crippen LogP) is 3.10. The van der Waals surface area contributed by atoms with E-state index in [0.717, 1.165) is 11.0 Å². The molecule has 3 rings (SSSR count). The highest BCUT2D eigenvalue weighted by Gasteiger charge is 2.13. The summed E-state index contributed by atoms with van der Waals surface area (Å²) in [7, 11) is 1.85. The molecule has 0 amide bonds. The van der Waals surface area contributed by atoms with Crippen molar-refractivity contribution >= 4 is 28.7 Å². The summed E-state index contributed by atoms with van der Waals surface area (Å²) >= 11 is 0. The maximum Gasteiger partial charge on any atom is 0.341 e. The second-order valence-corrected chi connectivity index (χ2v) is 5.37. The van der Waals surface area contributed by atoms with Crippen LogP contribution in [0.15, 0.2) is 48.5 Å². The standard InChI is InChI=1S/C19H15N3O3/c1-22-16-8-4-3-7-15(16)21-19(22)14(11-20)10-13-6-2-5-9-17(13)25-12-18(23)24/h2-10H,12H2,1H3,(H,23,24). The Morgan fingerprint density at radius 3 is 2.72 bits per heavy atom. The Hall–Kier alpha value is -3.59. The third-order valence-corrected chi connectivity index (χ3v) is 3.72. The topological polar surface area (TPSA) is 88.1 Å². The first-order valence-electron chi connectivity index (χ1n) is 7.57. The van der Waals surface area contributed by atoms with E-state index in [2.05, 4.69) is 11.1 Å². The molecule has 1 aromatic heterocycles. The van der Waals surface area contributed by atoms with Crippen LogP contribution in [0.25, 0.3) is 22.7 Å². The number of aromatic nitrogens is 2. The number of aryl methyl sites for hydroxylation is 1. The lowest BCUT2D eigenvalue weighted by atomic mass is 10.1. The van der Waals surface area contributed by atoms with Crippen LogP contribution in [0.4, 0.5) is 0 Å². The third kappa shape index (κ3) is 3.35. The molecule has 1 heterocycles. The van der Waals surface area contributed by atoms with Crippen LogP contribution in [0, 0.1) is 11.3 Å². The van der Waals surface area contributed by atoms with E-state index < -0.39 is 12.6 Å². The van der Waals surface area contributed by atoms with Crippen molar-refractivity contribution in [3.8, 4) is 11.8 Å². The number of imidazole rings is 1. The Morgan fingerprint density at radius 2 is 2.00 bits per heavy atom. The number of benzene rings is 2. The summed E-state index contributed by atoms with van der Waals surface area (Å²) in [6.45, 7) is -0.445. The Bertz CT molecular complexity index is 1010. The minimum Gasteiger partial charge on any atom is -0.481 e. The van der Waals surface area contributed by atoms with Gasteiger partial charge in [0.15, 0.2) is 12.4 Å². The smallest absolute Gasteiger partial charge is 0.341 e. The van der Waals surface area contributed by atoms with Gasteiger partial charge in [0, 0.05) is 12.6 Å². The molecule has 0 radical (unpaired) electrons. The van der Waals surface area contributed by atoms with Crippen LogP contribution < -0.4 is 4.74 Å². The molecule has 0 spiro atoms. The van der Waals surface area contributed by atoms with Crippen molar-refractivity contribution in [1.29, 1.82) is 5.26 Å². The number of nitrogens with zero attached hydrogens (tertiary/aromatic N) is 3. The molecular formula is C19H15N3O3. The number of ether oxygens (including phenoxy) is 1. The molecule has 6 heteroatoms. The van der Waals surface area contributed by atoms with Gasteiger partial charge < -0.3 is 14.4 Å². The van der Waals surface area contributed by atoms with Crippen molar-refractivity contribution in [3.63, 3.8) is 0 Å². The first-order valence-corrected chi connectivity index (χ1v) is 7.57. The molecule has 124 valence electrons. The average Bonchev–Trinajstić information content (AvgIpc) is 2.95. The Balaban J connectivity index is 2.05. The van der Waals surface area contributed by atoms with Gasteiger partial charge in [0.05, 0.1) is 16.6 Å². The fourth-order valence-corrected chi connectivity index (χ4v) is 2.56. The quantitative estimate of drug-likeness (QED) is 0.725. The number of hydrogen-bond acceptors (Lipinski definition) is 4. The second kappa shape index (κ2) is 6.89. The molecule has 0 bridgehead atoms. The molecule has 0 saturated carbocycles. The normalized spacial score (nSPS) is 11.3. The lowest BCUT2D eigenvalue weighted by molar-refractivity contribution is -0.139. The molecular weight excluding hydrogens is 318 g/mol. The number of carboxylic acids is 1. The van der Waals surface area contributed by atoms with Gasteiger partial charge in [-0.25, -0.2) is 9.78 Å². The van der Waals surface area contributed by atoms with E-state index in [1.165, 1.54) is 0 Å². The maximum atomic E-state index is 10.7. The fourth-order valence-electron chi connectivity index (χ4n) is 2.56. The molecule has 0 atom stereocenters. The molecule has 0 aliphatic carbocycles. The number of fused-ring (bicyclic) bond motifs is 1. The van der Waals surface area contributed by atoms with Crippen LogP contribution in [0.5, 0.6) is 5.75 Å². The highest BCUT2D eigenvalue weighted by atomic mass is 16.5. The van der Waals surface area contributed by atoms with Gasteiger partial charge in [-0.2, -0.15) is 5.26 Å². The number of nitriles is 1. The van der Waals surface area contributed by atoms with Gasteiger partial charge in [0.1, 0.15) is 11.8 Å². The molecule has 2 aromatic carbocycles. The van der Waals surface area contributed by atoms with E-state index in [1.807, 2.05) is 35.9 Å².